The summed E-state index contributed by atoms with van der Waals surface area (Å²) >= 11 is 0. The molecule has 3 heteroatoms. The molecule has 2 rings (SSSR count). The first-order valence-corrected chi connectivity index (χ1v) is 6.04. The molecule has 0 radical (unpaired) electrons. The van der Waals surface area contributed by atoms with Crippen molar-refractivity contribution in [2.24, 2.45) is 11.8 Å². The molecule has 90 valence electrons. The van der Waals surface area contributed by atoms with Crippen molar-refractivity contribution >= 4 is 5.69 Å². The summed E-state index contributed by atoms with van der Waals surface area (Å²) in [6, 6.07) is 6.68. The first kappa shape index (κ1) is 11.9. The monoisotopic (exact) mass is 232 g/mol. The maximum atomic E-state index is 13.9. The van der Waals surface area contributed by atoms with Gasteiger partial charge in [0.15, 0.2) is 0 Å². The van der Waals surface area contributed by atoms with Crippen LogP contribution >= 0.6 is 0 Å². The summed E-state index contributed by atoms with van der Waals surface area (Å²) in [5.41, 5.74) is 1.01. The fraction of sp³-hybridized carbons (Fsp3) is 0.500. The third-order valence-corrected chi connectivity index (χ3v) is 3.29. The van der Waals surface area contributed by atoms with Crippen molar-refractivity contribution in [3.05, 3.63) is 29.6 Å². The minimum absolute atomic E-state index is 0.287. The van der Waals surface area contributed by atoms with Crippen LogP contribution in [-0.4, -0.2) is 13.1 Å². The van der Waals surface area contributed by atoms with Crippen LogP contribution in [0.1, 0.15) is 25.8 Å². The van der Waals surface area contributed by atoms with E-state index >= 15 is 0 Å². The highest BCUT2D eigenvalue weighted by Crippen LogP contribution is 2.28. The van der Waals surface area contributed by atoms with Gasteiger partial charge in [0, 0.05) is 13.1 Å². The number of anilines is 1. The van der Waals surface area contributed by atoms with E-state index in [9.17, 15) is 4.39 Å². The summed E-state index contributed by atoms with van der Waals surface area (Å²) in [5, 5.41) is 8.72. The molecule has 0 saturated carbocycles. The average Bonchev–Trinajstić information content (AvgIpc) is 2.27. The third kappa shape index (κ3) is 2.58. The summed E-state index contributed by atoms with van der Waals surface area (Å²) in [6.45, 7) is 6.19. The van der Waals surface area contributed by atoms with E-state index < -0.39 is 0 Å². The highest BCUT2D eigenvalue weighted by atomic mass is 19.1. The maximum Gasteiger partial charge on any atom is 0.147 e. The zero-order valence-corrected chi connectivity index (χ0v) is 10.3. The molecule has 2 atom stereocenters. The van der Waals surface area contributed by atoms with Crippen molar-refractivity contribution in [1.82, 2.24) is 0 Å². The van der Waals surface area contributed by atoms with Crippen LogP contribution in [-0.2, 0) is 0 Å². The summed E-state index contributed by atoms with van der Waals surface area (Å²) in [4.78, 5) is 2.09. The van der Waals surface area contributed by atoms with Gasteiger partial charge in [0.25, 0.3) is 0 Å². The van der Waals surface area contributed by atoms with Crippen molar-refractivity contribution in [3.8, 4) is 6.07 Å². The van der Waals surface area contributed by atoms with E-state index in [1.165, 1.54) is 12.5 Å². The smallest absolute Gasteiger partial charge is 0.147 e. The van der Waals surface area contributed by atoms with E-state index in [0.717, 1.165) is 13.1 Å². The normalized spacial score (nSPS) is 24.5. The van der Waals surface area contributed by atoms with Crippen molar-refractivity contribution in [2.75, 3.05) is 18.0 Å². The second-order valence-corrected chi connectivity index (χ2v) is 5.13. The lowest BCUT2D eigenvalue weighted by Crippen LogP contribution is -2.39. The van der Waals surface area contributed by atoms with Crippen LogP contribution < -0.4 is 4.90 Å². The van der Waals surface area contributed by atoms with Gasteiger partial charge in [-0.05, 0) is 36.5 Å². The molecule has 1 aromatic rings. The minimum atomic E-state index is -0.287. The number of hydrogen-bond acceptors (Lipinski definition) is 2. The standard InChI is InChI=1S/C14H17FN2/c1-10-5-11(2)9-17(8-10)14-4-3-12(7-16)6-13(14)15/h3-4,6,10-11H,5,8-9H2,1-2H3. The molecule has 1 aliphatic rings. The summed E-state index contributed by atoms with van der Waals surface area (Å²) in [5.74, 6) is 0.896. The van der Waals surface area contributed by atoms with Crippen LogP contribution in [0.5, 0.6) is 0 Å². The first-order valence-electron chi connectivity index (χ1n) is 6.04. The van der Waals surface area contributed by atoms with Gasteiger partial charge in [-0.25, -0.2) is 4.39 Å². The maximum absolute atomic E-state index is 13.9. The van der Waals surface area contributed by atoms with Gasteiger partial charge in [-0.1, -0.05) is 13.8 Å². The Morgan fingerprint density at radius 3 is 2.47 bits per heavy atom. The van der Waals surface area contributed by atoms with Crippen LogP contribution in [0.4, 0.5) is 10.1 Å². The van der Waals surface area contributed by atoms with Gasteiger partial charge in [0.05, 0.1) is 17.3 Å². The number of nitriles is 1. The third-order valence-electron chi connectivity index (χ3n) is 3.29. The van der Waals surface area contributed by atoms with Crippen molar-refractivity contribution in [1.29, 1.82) is 5.26 Å². The van der Waals surface area contributed by atoms with Crippen molar-refractivity contribution < 1.29 is 4.39 Å². The molecule has 0 aliphatic carbocycles. The Morgan fingerprint density at radius 1 is 1.29 bits per heavy atom. The van der Waals surface area contributed by atoms with E-state index in [4.69, 9.17) is 5.26 Å². The molecule has 0 spiro atoms. The zero-order valence-electron chi connectivity index (χ0n) is 10.3. The van der Waals surface area contributed by atoms with Crippen LogP contribution in [0.15, 0.2) is 18.2 Å². The number of nitrogens with zero attached hydrogens (tertiary/aromatic N) is 2. The Kier molecular flexibility index (Phi) is 3.33. The fourth-order valence-electron chi connectivity index (χ4n) is 2.69. The highest BCUT2D eigenvalue weighted by Gasteiger charge is 2.23. The number of rotatable bonds is 1. The van der Waals surface area contributed by atoms with E-state index in [0.29, 0.717) is 23.1 Å². The van der Waals surface area contributed by atoms with Crippen LogP contribution in [0.2, 0.25) is 0 Å². The van der Waals surface area contributed by atoms with Gasteiger partial charge >= 0.3 is 0 Å². The second kappa shape index (κ2) is 4.75. The molecule has 0 N–H and O–H groups in total. The Morgan fingerprint density at radius 2 is 1.94 bits per heavy atom. The molecule has 0 aromatic heterocycles. The van der Waals surface area contributed by atoms with Gasteiger partial charge in [-0.15, -0.1) is 0 Å². The Labute approximate surface area is 102 Å². The van der Waals surface area contributed by atoms with Crippen molar-refractivity contribution in [3.63, 3.8) is 0 Å². The van der Waals surface area contributed by atoms with Gasteiger partial charge in [-0.3, -0.25) is 0 Å². The summed E-state index contributed by atoms with van der Waals surface area (Å²) < 4.78 is 13.9. The largest absolute Gasteiger partial charge is 0.369 e. The van der Waals surface area contributed by atoms with Gasteiger partial charge in [0.1, 0.15) is 5.82 Å². The first-order chi connectivity index (χ1) is 8.10. The molecule has 17 heavy (non-hydrogen) atoms. The molecule has 0 amide bonds. The minimum Gasteiger partial charge on any atom is -0.369 e. The lowest BCUT2D eigenvalue weighted by Gasteiger charge is -2.36. The lowest BCUT2D eigenvalue weighted by molar-refractivity contribution is 0.354. The van der Waals surface area contributed by atoms with E-state index in [1.807, 2.05) is 6.07 Å². The number of benzene rings is 1. The van der Waals surface area contributed by atoms with E-state index in [2.05, 4.69) is 18.7 Å². The molecular formula is C14H17FN2. The van der Waals surface area contributed by atoms with Gasteiger partial charge < -0.3 is 4.90 Å². The molecule has 0 bridgehead atoms. The Bertz CT molecular complexity index is 440. The van der Waals surface area contributed by atoms with Crippen LogP contribution in [0.3, 0.4) is 0 Å². The Hall–Kier alpha value is -1.56. The van der Waals surface area contributed by atoms with E-state index in [1.54, 1.807) is 12.1 Å². The van der Waals surface area contributed by atoms with Crippen LogP contribution in [0.25, 0.3) is 0 Å². The molecule has 1 aliphatic heterocycles. The molecule has 1 heterocycles. The van der Waals surface area contributed by atoms with E-state index in [-0.39, 0.29) is 5.82 Å². The predicted molar refractivity (Wildman–Crippen MR) is 66.3 cm³/mol. The zero-order chi connectivity index (χ0) is 12.4. The highest BCUT2D eigenvalue weighted by molar-refractivity contribution is 5.51. The molecular weight excluding hydrogens is 215 g/mol. The topological polar surface area (TPSA) is 27.0 Å². The molecule has 2 nitrogen and oxygen atoms in total. The second-order valence-electron chi connectivity index (χ2n) is 5.13. The molecule has 1 aromatic carbocycles. The average molecular weight is 232 g/mol. The molecule has 1 fully saturated rings. The van der Waals surface area contributed by atoms with Gasteiger partial charge in [-0.2, -0.15) is 5.26 Å². The molecule has 1 saturated heterocycles. The number of halogens is 1. The molecule has 2 unspecified atom stereocenters. The summed E-state index contributed by atoms with van der Waals surface area (Å²) in [6.07, 6.45) is 1.20. The quantitative estimate of drug-likeness (QED) is 0.743. The van der Waals surface area contributed by atoms with Crippen LogP contribution in [0, 0.1) is 29.0 Å². The lowest BCUT2D eigenvalue weighted by atomic mass is 9.91. The summed E-state index contributed by atoms with van der Waals surface area (Å²) in [7, 11) is 0. The number of piperidine rings is 1. The van der Waals surface area contributed by atoms with Gasteiger partial charge in [0.2, 0.25) is 0 Å². The Balaban J connectivity index is 2.25. The fourth-order valence-corrected chi connectivity index (χ4v) is 2.69. The van der Waals surface area contributed by atoms with Crippen molar-refractivity contribution in [2.45, 2.75) is 20.3 Å². The predicted octanol–water partition coefficient (Wildman–Crippen LogP) is 3.18. The SMILES string of the molecule is CC1CC(C)CN(c2ccc(C#N)cc2F)C1. The number of hydrogen-bond donors (Lipinski definition) is 0.